The lowest BCUT2D eigenvalue weighted by Crippen LogP contribution is -2.32. The zero-order valence-corrected chi connectivity index (χ0v) is 11.9. The van der Waals surface area contributed by atoms with Crippen LogP contribution in [0.3, 0.4) is 0 Å². The second-order valence-electron chi connectivity index (χ2n) is 4.98. The van der Waals surface area contributed by atoms with E-state index in [1.807, 2.05) is 0 Å². The standard InChI is InChI=1S/C13H16F3N3S/c1-19(8-4-2-3-5-8)12-9(11(17)20)6-7-10(18-12)13(14,15)16/h6-8H,2-5H2,1H3,(H2,17,20). The number of hydrogen-bond acceptors (Lipinski definition) is 3. The van der Waals surface area contributed by atoms with Gasteiger partial charge in [0.1, 0.15) is 16.5 Å². The Labute approximate surface area is 121 Å². The van der Waals surface area contributed by atoms with Gasteiger partial charge in [-0.3, -0.25) is 0 Å². The molecule has 1 aromatic rings. The van der Waals surface area contributed by atoms with E-state index >= 15 is 0 Å². The zero-order chi connectivity index (χ0) is 14.9. The van der Waals surface area contributed by atoms with Crippen LogP contribution in [0.25, 0.3) is 0 Å². The average molecular weight is 303 g/mol. The van der Waals surface area contributed by atoms with Crippen molar-refractivity contribution in [2.45, 2.75) is 37.9 Å². The Morgan fingerprint density at radius 2 is 1.95 bits per heavy atom. The summed E-state index contributed by atoms with van der Waals surface area (Å²) in [6, 6.07) is 2.42. The molecule has 7 heteroatoms. The normalized spacial score (nSPS) is 16.4. The summed E-state index contributed by atoms with van der Waals surface area (Å²) in [6.07, 6.45) is -0.414. The van der Waals surface area contributed by atoms with Crippen molar-refractivity contribution in [3.63, 3.8) is 0 Å². The molecule has 1 aromatic heterocycles. The maximum absolute atomic E-state index is 12.8. The first kappa shape index (κ1) is 15.0. The topological polar surface area (TPSA) is 42.2 Å². The first-order valence-electron chi connectivity index (χ1n) is 6.41. The first-order chi connectivity index (χ1) is 9.30. The summed E-state index contributed by atoms with van der Waals surface area (Å²) in [5.74, 6) is 0.222. The Hall–Kier alpha value is -1.37. The number of thiocarbonyl (C=S) groups is 1. The molecule has 1 fully saturated rings. The van der Waals surface area contributed by atoms with Crippen LogP contribution in [-0.4, -0.2) is 23.1 Å². The highest BCUT2D eigenvalue weighted by molar-refractivity contribution is 7.80. The van der Waals surface area contributed by atoms with Crippen molar-refractivity contribution in [3.05, 3.63) is 23.4 Å². The third-order valence-electron chi connectivity index (χ3n) is 3.64. The average Bonchev–Trinajstić information content (AvgIpc) is 2.89. The largest absolute Gasteiger partial charge is 0.433 e. The van der Waals surface area contributed by atoms with Gasteiger partial charge in [-0.05, 0) is 25.0 Å². The maximum atomic E-state index is 12.8. The number of nitrogens with zero attached hydrogens (tertiary/aromatic N) is 2. The Balaban J connectivity index is 2.43. The molecule has 0 aliphatic heterocycles. The number of halogens is 3. The second kappa shape index (κ2) is 5.55. The van der Waals surface area contributed by atoms with E-state index in [-0.39, 0.29) is 16.8 Å². The van der Waals surface area contributed by atoms with Crippen molar-refractivity contribution in [2.75, 3.05) is 11.9 Å². The molecule has 0 radical (unpaired) electrons. The fraction of sp³-hybridized carbons (Fsp3) is 0.538. The van der Waals surface area contributed by atoms with E-state index in [2.05, 4.69) is 4.98 Å². The molecule has 110 valence electrons. The summed E-state index contributed by atoms with van der Waals surface area (Å²) < 4.78 is 38.4. The van der Waals surface area contributed by atoms with Crippen molar-refractivity contribution in [1.29, 1.82) is 0 Å². The minimum absolute atomic E-state index is 0.0612. The maximum Gasteiger partial charge on any atom is 0.433 e. The minimum atomic E-state index is -4.47. The predicted molar refractivity (Wildman–Crippen MR) is 75.8 cm³/mol. The molecule has 0 saturated heterocycles. The molecular formula is C13H16F3N3S. The molecule has 20 heavy (non-hydrogen) atoms. The monoisotopic (exact) mass is 303 g/mol. The molecule has 0 aromatic carbocycles. The summed E-state index contributed by atoms with van der Waals surface area (Å²) >= 11 is 4.91. The Kier molecular flexibility index (Phi) is 4.17. The van der Waals surface area contributed by atoms with Gasteiger partial charge in [0.2, 0.25) is 0 Å². The molecule has 1 saturated carbocycles. The number of alkyl halides is 3. The van der Waals surface area contributed by atoms with Crippen LogP contribution < -0.4 is 10.6 Å². The van der Waals surface area contributed by atoms with Gasteiger partial charge >= 0.3 is 6.18 Å². The lowest BCUT2D eigenvalue weighted by Gasteiger charge is -2.27. The quantitative estimate of drug-likeness (QED) is 0.871. The van der Waals surface area contributed by atoms with Gasteiger partial charge in [-0.25, -0.2) is 4.98 Å². The first-order valence-corrected chi connectivity index (χ1v) is 6.82. The van der Waals surface area contributed by atoms with Gasteiger partial charge in [0.05, 0.1) is 5.56 Å². The Bertz CT molecular complexity index is 510. The van der Waals surface area contributed by atoms with Crippen LogP contribution in [0.1, 0.15) is 36.9 Å². The molecule has 0 amide bonds. The number of aromatic nitrogens is 1. The summed E-state index contributed by atoms with van der Waals surface area (Å²) in [4.78, 5) is 5.58. The van der Waals surface area contributed by atoms with Crippen molar-refractivity contribution in [2.24, 2.45) is 5.73 Å². The highest BCUT2D eigenvalue weighted by atomic mass is 32.1. The van der Waals surface area contributed by atoms with E-state index in [0.29, 0.717) is 5.56 Å². The lowest BCUT2D eigenvalue weighted by molar-refractivity contribution is -0.141. The van der Waals surface area contributed by atoms with Crippen LogP contribution in [0.2, 0.25) is 0 Å². The van der Waals surface area contributed by atoms with Crippen molar-refractivity contribution >= 4 is 23.0 Å². The van der Waals surface area contributed by atoms with Gasteiger partial charge in [0, 0.05) is 13.1 Å². The smallest absolute Gasteiger partial charge is 0.389 e. The number of nitrogens with two attached hydrogens (primary N) is 1. The SMILES string of the molecule is CN(c1nc(C(F)(F)F)ccc1C(N)=S)C1CCCC1. The molecule has 2 rings (SSSR count). The van der Waals surface area contributed by atoms with E-state index in [0.717, 1.165) is 31.7 Å². The van der Waals surface area contributed by atoms with Crippen molar-refractivity contribution in [3.8, 4) is 0 Å². The summed E-state index contributed by atoms with van der Waals surface area (Å²) in [5.41, 5.74) is 5.07. The molecule has 0 bridgehead atoms. The molecule has 0 atom stereocenters. The molecule has 0 spiro atoms. The third-order valence-corrected chi connectivity index (χ3v) is 3.86. The Morgan fingerprint density at radius 1 is 1.35 bits per heavy atom. The van der Waals surface area contributed by atoms with Gasteiger partial charge < -0.3 is 10.6 Å². The molecule has 2 N–H and O–H groups in total. The number of pyridine rings is 1. The van der Waals surface area contributed by atoms with E-state index in [1.54, 1.807) is 11.9 Å². The van der Waals surface area contributed by atoms with Crippen LogP contribution in [0.5, 0.6) is 0 Å². The van der Waals surface area contributed by atoms with E-state index in [4.69, 9.17) is 18.0 Å². The third kappa shape index (κ3) is 3.03. The van der Waals surface area contributed by atoms with E-state index in [1.165, 1.54) is 6.07 Å². The van der Waals surface area contributed by atoms with Gasteiger partial charge in [0.25, 0.3) is 0 Å². The summed E-state index contributed by atoms with van der Waals surface area (Å²) in [6.45, 7) is 0. The lowest BCUT2D eigenvalue weighted by atomic mass is 10.1. The molecule has 0 unspecified atom stereocenters. The Morgan fingerprint density at radius 3 is 2.45 bits per heavy atom. The number of rotatable bonds is 3. The number of hydrogen-bond donors (Lipinski definition) is 1. The van der Waals surface area contributed by atoms with Crippen molar-refractivity contribution < 1.29 is 13.2 Å². The van der Waals surface area contributed by atoms with Crippen molar-refractivity contribution in [1.82, 2.24) is 4.98 Å². The molecule has 1 heterocycles. The zero-order valence-electron chi connectivity index (χ0n) is 11.1. The second-order valence-corrected chi connectivity index (χ2v) is 5.42. The van der Waals surface area contributed by atoms with Crippen LogP contribution >= 0.6 is 12.2 Å². The minimum Gasteiger partial charge on any atom is -0.389 e. The fourth-order valence-electron chi connectivity index (χ4n) is 2.53. The van der Waals surface area contributed by atoms with Crippen LogP contribution in [0.4, 0.5) is 19.0 Å². The summed E-state index contributed by atoms with van der Waals surface area (Å²) in [7, 11) is 1.75. The molecule has 3 nitrogen and oxygen atoms in total. The van der Waals surface area contributed by atoms with Gasteiger partial charge in [-0.1, -0.05) is 25.1 Å². The van der Waals surface area contributed by atoms with E-state index < -0.39 is 11.9 Å². The van der Waals surface area contributed by atoms with Crippen LogP contribution in [-0.2, 0) is 6.18 Å². The van der Waals surface area contributed by atoms with Crippen LogP contribution in [0, 0.1) is 0 Å². The molecular weight excluding hydrogens is 287 g/mol. The van der Waals surface area contributed by atoms with E-state index in [9.17, 15) is 13.2 Å². The fourth-order valence-corrected chi connectivity index (χ4v) is 2.69. The van der Waals surface area contributed by atoms with Crippen LogP contribution in [0.15, 0.2) is 12.1 Å². The summed E-state index contributed by atoms with van der Waals surface area (Å²) in [5, 5.41) is 0. The van der Waals surface area contributed by atoms with Gasteiger partial charge in [-0.15, -0.1) is 0 Å². The van der Waals surface area contributed by atoms with Gasteiger partial charge in [0.15, 0.2) is 0 Å². The highest BCUT2D eigenvalue weighted by Crippen LogP contribution is 2.32. The number of anilines is 1. The molecule has 1 aliphatic carbocycles. The molecule has 1 aliphatic rings. The predicted octanol–water partition coefficient (Wildman–Crippen LogP) is 3.11. The van der Waals surface area contributed by atoms with Gasteiger partial charge in [-0.2, -0.15) is 13.2 Å². The highest BCUT2D eigenvalue weighted by Gasteiger charge is 2.34.